The third kappa shape index (κ3) is 2.59. The normalized spacial score (nSPS) is 26.2. The first-order chi connectivity index (χ1) is 10.1. The van der Waals surface area contributed by atoms with Gasteiger partial charge in [-0.05, 0) is 32.2 Å². The number of nitrogens with one attached hydrogen (secondary N) is 1. The van der Waals surface area contributed by atoms with Crippen molar-refractivity contribution >= 4 is 11.6 Å². The van der Waals surface area contributed by atoms with Crippen molar-refractivity contribution in [3.05, 3.63) is 11.9 Å². The van der Waals surface area contributed by atoms with Gasteiger partial charge in [0.1, 0.15) is 18.0 Å². The minimum absolute atomic E-state index is 0.414. The number of aromatic nitrogens is 2. The fraction of sp³-hybridized carbons (Fsp3) is 0.750. The lowest BCUT2D eigenvalue weighted by atomic mass is 10.0. The Bertz CT molecular complexity index is 501. The molecule has 0 spiro atoms. The second-order valence-electron chi connectivity index (χ2n) is 6.66. The molecule has 1 aromatic heterocycles. The summed E-state index contributed by atoms with van der Waals surface area (Å²) in [7, 11) is 1.94. The van der Waals surface area contributed by atoms with Crippen LogP contribution in [0.5, 0.6) is 0 Å². The van der Waals surface area contributed by atoms with Crippen LogP contribution in [0.25, 0.3) is 0 Å². The number of fused-ring (bicyclic) bond motifs is 1. The summed E-state index contributed by atoms with van der Waals surface area (Å²) in [6.45, 7) is 10.3. The lowest BCUT2D eigenvalue weighted by Gasteiger charge is -2.43. The molecule has 3 rings (SSSR count). The Morgan fingerprint density at radius 1 is 1.29 bits per heavy atom. The van der Waals surface area contributed by atoms with E-state index in [2.05, 4.69) is 45.9 Å². The van der Waals surface area contributed by atoms with E-state index in [0.29, 0.717) is 18.0 Å². The Balaban J connectivity index is 1.95. The lowest BCUT2D eigenvalue weighted by molar-refractivity contribution is 0.202. The Kier molecular flexibility index (Phi) is 4.02. The van der Waals surface area contributed by atoms with Gasteiger partial charge >= 0.3 is 0 Å². The van der Waals surface area contributed by atoms with Gasteiger partial charge in [0.05, 0.1) is 0 Å². The summed E-state index contributed by atoms with van der Waals surface area (Å²) in [5.74, 6) is 2.51. The first kappa shape index (κ1) is 14.6. The Hall–Kier alpha value is -1.36. The Labute approximate surface area is 127 Å². The van der Waals surface area contributed by atoms with Crippen molar-refractivity contribution in [1.29, 1.82) is 0 Å². The van der Waals surface area contributed by atoms with Gasteiger partial charge in [0, 0.05) is 37.8 Å². The standard InChI is InChI=1S/C16H27N5/c1-11(2)14-15(17-4)18-10-19-16(14)21-9-13-6-5-7-20(13)8-12(21)3/h10-13H,5-9H2,1-4H3,(H,17,18,19). The number of nitrogens with zero attached hydrogens (tertiary/aromatic N) is 4. The molecule has 3 heterocycles. The van der Waals surface area contributed by atoms with E-state index in [-0.39, 0.29) is 0 Å². The fourth-order valence-electron chi connectivity index (χ4n) is 3.83. The molecule has 2 saturated heterocycles. The second kappa shape index (κ2) is 5.79. The van der Waals surface area contributed by atoms with Crippen LogP contribution in [0, 0.1) is 0 Å². The van der Waals surface area contributed by atoms with Crippen LogP contribution in [0.3, 0.4) is 0 Å². The molecule has 1 N–H and O–H groups in total. The molecule has 2 aliphatic rings. The number of hydrogen-bond donors (Lipinski definition) is 1. The summed E-state index contributed by atoms with van der Waals surface area (Å²) in [5, 5.41) is 3.23. The molecule has 5 nitrogen and oxygen atoms in total. The van der Waals surface area contributed by atoms with E-state index in [0.717, 1.165) is 24.7 Å². The zero-order valence-corrected chi connectivity index (χ0v) is 13.6. The van der Waals surface area contributed by atoms with E-state index in [1.807, 2.05) is 7.05 Å². The van der Waals surface area contributed by atoms with Gasteiger partial charge < -0.3 is 10.2 Å². The highest BCUT2D eigenvalue weighted by Crippen LogP contribution is 2.34. The molecule has 0 aromatic carbocycles. The Morgan fingerprint density at radius 2 is 2.10 bits per heavy atom. The molecule has 5 heteroatoms. The number of rotatable bonds is 3. The van der Waals surface area contributed by atoms with Crippen molar-refractivity contribution in [2.75, 3.05) is 36.9 Å². The second-order valence-corrected chi connectivity index (χ2v) is 6.66. The van der Waals surface area contributed by atoms with Crippen LogP contribution >= 0.6 is 0 Å². The van der Waals surface area contributed by atoms with Crippen molar-refractivity contribution in [2.45, 2.75) is 51.6 Å². The molecule has 2 unspecified atom stereocenters. The van der Waals surface area contributed by atoms with Gasteiger partial charge in [-0.1, -0.05) is 13.8 Å². The first-order valence-corrected chi connectivity index (χ1v) is 8.15. The average Bonchev–Trinajstić information content (AvgIpc) is 2.92. The van der Waals surface area contributed by atoms with Crippen molar-refractivity contribution in [2.24, 2.45) is 0 Å². The molecule has 0 bridgehead atoms. The number of piperazine rings is 1. The molecular formula is C16H27N5. The molecule has 116 valence electrons. The molecule has 0 aliphatic carbocycles. The minimum atomic E-state index is 0.414. The van der Waals surface area contributed by atoms with Gasteiger partial charge in [0.2, 0.25) is 0 Å². The molecule has 2 atom stereocenters. The van der Waals surface area contributed by atoms with Crippen LogP contribution in [-0.2, 0) is 0 Å². The molecular weight excluding hydrogens is 262 g/mol. The van der Waals surface area contributed by atoms with Crippen LogP contribution < -0.4 is 10.2 Å². The van der Waals surface area contributed by atoms with Crippen LogP contribution in [0.4, 0.5) is 11.6 Å². The van der Waals surface area contributed by atoms with E-state index in [4.69, 9.17) is 0 Å². The van der Waals surface area contributed by atoms with Crippen molar-refractivity contribution in [1.82, 2.24) is 14.9 Å². The molecule has 1 aromatic rings. The van der Waals surface area contributed by atoms with Crippen LogP contribution in [-0.4, -0.2) is 53.6 Å². The zero-order chi connectivity index (χ0) is 15.0. The Morgan fingerprint density at radius 3 is 2.81 bits per heavy atom. The summed E-state index contributed by atoms with van der Waals surface area (Å²) in [4.78, 5) is 14.2. The van der Waals surface area contributed by atoms with E-state index >= 15 is 0 Å². The maximum atomic E-state index is 4.65. The van der Waals surface area contributed by atoms with Crippen LogP contribution in [0.15, 0.2) is 6.33 Å². The topological polar surface area (TPSA) is 44.3 Å². The van der Waals surface area contributed by atoms with Gasteiger partial charge in [-0.3, -0.25) is 4.90 Å². The maximum Gasteiger partial charge on any atom is 0.137 e. The highest BCUT2D eigenvalue weighted by molar-refractivity contribution is 5.61. The minimum Gasteiger partial charge on any atom is -0.373 e. The lowest BCUT2D eigenvalue weighted by Crippen LogP contribution is -2.55. The third-order valence-electron chi connectivity index (χ3n) is 4.89. The molecule has 2 fully saturated rings. The summed E-state index contributed by atoms with van der Waals surface area (Å²) >= 11 is 0. The van der Waals surface area contributed by atoms with Crippen molar-refractivity contribution < 1.29 is 0 Å². The predicted molar refractivity (Wildman–Crippen MR) is 87.1 cm³/mol. The maximum absolute atomic E-state index is 4.65. The van der Waals surface area contributed by atoms with Crippen LogP contribution in [0.1, 0.15) is 45.1 Å². The summed E-state index contributed by atoms with van der Waals surface area (Å²) in [6, 6.07) is 1.21. The fourth-order valence-corrected chi connectivity index (χ4v) is 3.83. The molecule has 2 aliphatic heterocycles. The van der Waals surface area contributed by atoms with Crippen molar-refractivity contribution in [3.8, 4) is 0 Å². The van der Waals surface area contributed by atoms with Gasteiger partial charge in [-0.15, -0.1) is 0 Å². The van der Waals surface area contributed by atoms with Gasteiger partial charge in [0.25, 0.3) is 0 Å². The van der Waals surface area contributed by atoms with Gasteiger partial charge in [0.15, 0.2) is 0 Å². The van der Waals surface area contributed by atoms with Gasteiger partial charge in [-0.25, -0.2) is 9.97 Å². The average molecular weight is 289 g/mol. The molecule has 0 amide bonds. The summed E-state index contributed by atoms with van der Waals surface area (Å²) in [5.41, 5.74) is 1.25. The zero-order valence-electron chi connectivity index (χ0n) is 13.6. The van der Waals surface area contributed by atoms with Gasteiger partial charge in [-0.2, -0.15) is 0 Å². The number of hydrogen-bond acceptors (Lipinski definition) is 5. The quantitative estimate of drug-likeness (QED) is 0.925. The highest BCUT2D eigenvalue weighted by Gasteiger charge is 2.36. The molecule has 0 saturated carbocycles. The smallest absolute Gasteiger partial charge is 0.137 e. The summed E-state index contributed by atoms with van der Waals surface area (Å²) in [6.07, 6.45) is 4.36. The van der Waals surface area contributed by atoms with Crippen molar-refractivity contribution in [3.63, 3.8) is 0 Å². The largest absolute Gasteiger partial charge is 0.373 e. The predicted octanol–water partition coefficient (Wildman–Crippen LogP) is 2.31. The van der Waals surface area contributed by atoms with Crippen LogP contribution in [0.2, 0.25) is 0 Å². The van der Waals surface area contributed by atoms with E-state index in [9.17, 15) is 0 Å². The third-order valence-corrected chi connectivity index (χ3v) is 4.89. The molecule has 0 radical (unpaired) electrons. The van der Waals surface area contributed by atoms with E-state index in [1.54, 1.807) is 6.33 Å². The van der Waals surface area contributed by atoms with E-state index in [1.165, 1.54) is 24.9 Å². The van der Waals surface area contributed by atoms with E-state index < -0.39 is 0 Å². The monoisotopic (exact) mass is 289 g/mol. The first-order valence-electron chi connectivity index (χ1n) is 8.15. The number of anilines is 2. The molecule has 21 heavy (non-hydrogen) atoms. The highest BCUT2D eigenvalue weighted by atomic mass is 15.3. The summed E-state index contributed by atoms with van der Waals surface area (Å²) < 4.78 is 0. The SMILES string of the molecule is CNc1ncnc(N2CC3CCCN3CC2C)c1C(C)C.